The van der Waals surface area contributed by atoms with E-state index in [9.17, 15) is 13.2 Å². The van der Waals surface area contributed by atoms with Gasteiger partial charge in [0, 0.05) is 42.5 Å². The number of aromatic nitrogens is 4. The number of nitrogens with one attached hydrogen (secondary N) is 1. The first-order valence-corrected chi connectivity index (χ1v) is 9.61. The van der Waals surface area contributed by atoms with E-state index in [2.05, 4.69) is 21.1 Å². The van der Waals surface area contributed by atoms with Crippen LogP contribution in [0, 0.1) is 0 Å². The number of nitrogens with zero attached hydrogens (tertiary/aromatic N) is 3. The van der Waals surface area contributed by atoms with Gasteiger partial charge in [0.2, 0.25) is 0 Å². The van der Waals surface area contributed by atoms with Crippen LogP contribution in [0.3, 0.4) is 0 Å². The Kier molecular flexibility index (Phi) is 5.55. The zero-order chi connectivity index (χ0) is 20.2. The molecule has 1 aliphatic carbocycles. The summed E-state index contributed by atoms with van der Waals surface area (Å²) in [5.74, 6) is 1.19. The summed E-state index contributed by atoms with van der Waals surface area (Å²) in [6.07, 6.45) is -0.838. The van der Waals surface area contributed by atoms with Gasteiger partial charge in [0.05, 0.1) is 22.3 Å². The molecule has 1 radical (unpaired) electrons. The molecule has 30 heavy (non-hydrogen) atoms. The molecule has 1 N–H and O–H groups in total. The van der Waals surface area contributed by atoms with Crippen LogP contribution in [0.2, 0.25) is 0 Å². The molecular weight excluding hydrogens is 400 g/mol. The number of aromatic amines is 1. The van der Waals surface area contributed by atoms with E-state index in [0.29, 0.717) is 22.8 Å². The van der Waals surface area contributed by atoms with Crippen LogP contribution in [0.5, 0.6) is 0 Å². The molecule has 0 atom stereocenters. The van der Waals surface area contributed by atoms with Crippen LogP contribution in [0.4, 0.5) is 13.2 Å². The van der Waals surface area contributed by atoms with Gasteiger partial charge in [-0.15, -0.1) is 0 Å². The molecule has 0 amide bonds. The first kappa shape index (κ1) is 21.2. The third kappa shape index (κ3) is 3.70. The van der Waals surface area contributed by atoms with E-state index in [1.54, 1.807) is 24.3 Å². The summed E-state index contributed by atoms with van der Waals surface area (Å²) >= 11 is 0. The second-order valence-corrected chi connectivity index (χ2v) is 7.57. The molecule has 1 saturated carbocycles. The van der Waals surface area contributed by atoms with Crippen LogP contribution in [-0.4, -0.2) is 49.3 Å². The SMILES string of the molecule is Cn1nc(C2CCC2)cc1-c1nc2cc(-c3ccccc3C(F)(F)F)ccc2[nH]1.[Na]. The predicted octanol–water partition coefficient (Wildman–Crippen LogP) is 5.54. The fraction of sp³-hybridized carbons (Fsp3) is 0.273. The van der Waals surface area contributed by atoms with Crippen LogP contribution in [0.25, 0.3) is 33.7 Å². The first-order chi connectivity index (χ1) is 13.9. The maximum Gasteiger partial charge on any atom is 0.417 e. The molecule has 2 aromatic carbocycles. The van der Waals surface area contributed by atoms with E-state index >= 15 is 0 Å². The fourth-order valence-corrected chi connectivity index (χ4v) is 3.89. The molecule has 1 aliphatic rings. The van der Waals surface area contributed by atoms with Gasteiger partial charge in [-0.05, 0) is 48.2 Å². The number of imidazole rings is 1. The minimum absolute atomic E-state index is 0. The van der Waals surface area contributed by atoms with E-state index < -0.39 is 11.7 Å². The molecule has 149 valence electrons. The second-order valence-electron chi connectivity index (χ2n) is 7.57. The zero-order valence-electron chi connectivity index (χ0n) is 16.8. The molecule has 2 heterocycles. The average molecular weight is 419 g/mol. The van der Waals surface area contributed by atoms with E-state index in [-0.39, 0.29) is 35.1 Å². The van der Waals surface area contributed by atoms with Gasteiger partial charge < -0.3 is 4.98 Å². The summed E-state index contributed by atoms with van der Waals surface area (Å²) in [6.45, 7) is 0. The summed E-state index contributed by atoms with van der Waals surface area (Å²) in [5, 5.41) is 4.61. The third-order valence-electron chi connectivity index (χ3n) is 5.69. The standard InChI is InChI=1S/C22H19F3N4.Na/c1-29-20(12-18(28-29)13-5-4-6-13)21-26-17-10-9-14(11-19(17)27-21)15-7-2-3-8-16(15)22(23,24)25;/h2-3,7-13H,4-6H2,1H3,(H,26,27);. The topological polar surface area (TPSA) is 46.5 Å². The summed E-state index contributed by atoms with van der Waals surface area (Å²) in [4.78, 5) is 7.91. The van der Waals surface area contributed by atoms with Gasteiger partial charge in [-0.2, -0.15) is 18.3 Å². The molecule has 1 fully saturated rings. The summed E-state index contributed by atoms with van der Waals surface area (Å²) in [7, 11) is 1.88. The van der Waals surface area contributed by atoms with Gasteiger partial charge in [0.15, 0.2) is 5.82 Å². The molecule has 2 aromatic heterocycles. The Labute approximate surface area is 193 Å². The number of fused-ring (bicyclic) bond motifs is 1. The number of hydrogen-bond acceptors (Lipinski definition) is 2. The van der Waals surface area contributed by atoms with Crippen molar-refractivity contribution in [3.8, 4) is 22.6 Å². The van der Waals surface area contributed by atoms with Crippen LogP contribution in [0.15, 0.2) is 48.5 Å². The van der Waals surface area contributed by atoms with Crippen LogP contribution in [0.1, 0.15) is 36.4 Å². The number of rotatable bonds is 3. The van der Waals surface area contributed by atoms with Gasteiger partial charge in [-0.1, -0.05) is 30.7 Å². The van der Waals surface area contributed by atoms with Crippen molar-refractivity contribution in [1.82, 2.24) is 19.7 Å². The molecule has 0 aliphatic heterocycles. The summed E-state index contributed by atoms with van der Waals surface area (Å²) in [5.41, 5.74) is 3.35. The molecule has 0 unspecified atom stereocenters. The average Bonchev–Trinajstić information content (AvgIpc) is 3.22. The van der Waals surface area contributed by atoms with Gasteiger partial charge in [0.1, 0.15) is 5.69 Å². The Balaban J connectivity index is 0.00000218. The quantitative estimate of drug-likeness (QED) is 0.444. The minimum atomic E-state index is -4.41. The van der Waals surface area contributed by atoms with Crippen molar-refractivity contribution in [2.45, 2.75) is 31.4 Å². The van der Waals surface area contributed by atoms with E-state index in [1.807, 2.05) is 11.7 Å². The third-order valence-corrected chi connectivity index (χ3v) is 5.69. The molecule has 0 saturated heterocycles. The Morgan fingerprint density at radius 2 is 1.83 bits per heavy atom. The molecule has 5 rings (SSSR count). The predicted molar refractivity (Wildman–Crippen MR) is 111 cm³/mol. The number of H-pyrrole nitrogens is 1. The molecular formula is C22H19F3N4Na. The van der Waals surface area contributed by atoms with E-state index in [4.69, 9.17) is 0 Å². The molecule has 4 nitrogen and oxygen atoms in total. The largest absolute Gasteiger partial charge is 0.417 e. The minimum Gasteiger partial charge on any atom is -0.337 e. The number of halogens is 3. The molecule has 8 heteroatoms. The van der Waals surface area contributed by atoms with Gasteiger partial charge in [-0.3, -0.25) is 4.68 Å². The first-order valence-electron chi connectivity index (χ1n) is 9.61. The molecule has 0 bridgehead atoms. The van der Waals surface area contributed by atoms with Gasteiger partial charge in [0.25, 0.3) is 0 Å². The van der Waals surface area contributed by atoms with E-state index in [1.165, 1.54) is 31.4 Å². The van der Waals surface area contributed by atoms with Gasteiger partial charge >= 0.3 is 6.18 Å². The smallest absolute Gasteiger partial charge is 0.337 e. The zero-order valence-corrected chi connectivity index (χ0v) is 18.8. The van der Waals surface area contributed by atoms with Crippen LogP contribution >= 0.6 is 0 Å². The molecule has 0 spiro atoms. The summed E-state index contributed by atoms with van der Waals surface area (Å²) < 4.78 is 42.0. The summed E-state index contributed by atoms with van der Waals surface area (Å²) in [6, 6.07) is 12.8. The van der Waals surface area contributed by atoms with E-state index in [0.717, 1.165) is 23.0 Å². The van der Waals surface area contributed by atoms with Crippen molar-refractivity contribution < 1.29 is 13.2 Å². The van der Waals surface area contributed by atoms with Crippen molar-refractivity contribution in [3.05, 3.63) is 59.8 Å². The number of aryl methyl sites for hydroxylation is 1. The molecule has 4 aromatic rings. The van der Waals surface area contributed by atoms with Crippen molar-refractivity contribution in [1.29, 1.82) is 0 Å². The normalized spacial score (nSPS) is 14.5. The number of alkyl halides is 3. The van der Waals surface area contributed by atoms with Crippen LogP contribution in [-0.2, 0) is 13.2 Å². The second kappa shape index (κ2) is 7.87. The Bertz CT molecular complexity index is 1200. The number of hydrogen-bond donors (Lipinski definition) is 1. The monoisotopic (exact) mass is 419 g/mol. The maximum atomic E-state index is 13.4. The Morgan fingerprint density at radius 1 is 1.07 bits per heavy atom. The van der Waals surface area contributed by atoms with Crippen molar-refractivity contribution in [2.75, 3.05) is 0 Å². The van der Waals surface area contributed by atoms with Crippen molar-refractivity contribution in [3.63, 3.8) is 0 Å². The van der Waals surface area contributed by atoms with Crippen molar-refractivity contribution >= 4 is 40.6 Å². The Hall–Kier alpha value is -2.09. The van der Waals surface area contributed by atoms with Crippen LogP contribution < -0.4 is 0 Å². The fourth-order valence-electron chi connectivity index (χ4n) is 3.89. The Morgan fingerprint density at radius 3 is 2.53 bits per heavy atom. The van der Waals surface area contributed by atoms with Gasteiger partial charge in [-0.25, -0.2) is 4.98 Å². The number of benzene rings is 2. The maximum absolute atomic E-state index is 13.4. The van der Waals surface area contributed by atoms with Crippen molar-refractivity contribution in [2.24, 2.45) is 7.05 Å².